The van der Waals surface area contributed by atoms with Crippen LogP contribution in [-0.2, 0) is 4.79 Å². The van der Waals surface area contributed by atoms with Crippen molar-refractivity contribution in [3.8, 4) is 11.3 Å². The molecule has 154 valence electrons. The zero-order valence-corrected chi connectivity index (χ0v) is 17.1. The van der Waals surface area contributed by atoms with Crippen LogP contribution in [0.5, 0.6) is 0 Å². The molecular formula is C24H20N4O3. The molecule has 0 aliphatic heterocycles. The first-order valence-electron chi connectivity index (χ1n) is 9.70. The van der Waals surface area contributed by atoms with E-state index in [1.807, 2.05) is 60.8 Å². The first-order chi connectivity index (χ1) is 14.9. The minimum absolute atomic E-state index is 0.00509. The molecule has 0 unspecified atom stereocenters. The van der Waals surface area contributed by atoms with Crippen LogP contribution >= 0.6 is 0 Å². The molecule has 2 aromatic carbocycles. The first-order valence-corrected chi connectivity index (χ1v) is 9.70. The molecule has 2 heterocycles. The second kappa shape index (κ2) is 8.23. The second-order valence-electron chi connectivity index (χ2n) is 7.23. The number of nitrogens with zero attached hydrogens (tertiary/aromatic N) is 3. The monoisotopic (exact) mass is 412 g/mol. The van der Waals surface area contributed by atoms with Gasteiger partial charge in [-0.25, -0.2) is 4.98 Å². The molecule has 0 bridgehead atoms. The summed E-state index contributed by atoms with van der Waals surface area (Å²) in [5, 5.41) is 13.7. The number of pyridine rings is 1. The van der Waals surface area contributed by atoms with Crippen LogP contribution in [-0.4, -0.2) is 20.2 Å². The maximum atomic E-state index is 12.7. The van der Waals surface area contributed by atoms with E-state index in [1.165, 1.54) is 18.2 Å². The first kappa shape index (κ1) is 20.0. The van der Waals surface area contributed by atoms with E-state index >= 15 is 0 Å². The van der Waals surface area contributed by atoms with E-state index in [9.17, 15) is 14.9 Å². The number of carbonyl (C=O) groups excluding carboxylic acids is 1. The number of rotatable bonds is 5. The average molecular weight is 412 g/mol. The molecule has 0 fully saturated rings. The largest absolute Gasteiger partial charge is 0.306 e. The second-order valence-corrected chi connectivity index (χ2v) is 7.23. The van der Waals surface area contributed by atoms with Gasteiger partial charge in [-0.05, 0) is 60.9 Å². The molecule has 31 heavy (non-hydrogen) atoms. The Labute approximate surface area is 178 Å². The van der Waals surface area contributed by atoms with E-state index in [0.29, 0.717) is 17.1 Å². The van der Waals surface area contributed by atoms with Gasteiger partial charge in [-0.15, -0.1) is 0 Å². The number of non-ortho nitro benzene ring substituents is 1. The van der Waals surface area contributed by atoms with Crippen LogP contribution in [0.25, 0.3) is 23.0 Å². The normalized spacial score (nSPS) is 11.2. The van der Waals surface area contributed by atoms with Crippen molar-refractivity contribution in [2.75, 3.05) is 5.32 Å². The number of fused-ring (bicyclic) bond motifs is 1. The van der Waals surface area contributed by atoms with Gasteiger partial charge in [0.1, 0.15) is 17.2 Å². The van der Waals surface area contributed by atoms with Crippen LogP contribution < -0.4 is 5.32 Å². The van der Waals surface area contributed by atoms with E-state index in [0.717, 1.165) is 22.3 Å². The zero-order valence-electron chi connectivity index (χ0n) is 17.1. The van der Waals surface area contributed by atoms with E-state index in [1.54, 1.807) is 18.2 Å². The van der Waals surface area contributed by atoms with Crippen molar-refractivity contribution in [1.82, 2.24) is 9.38 Å². The molecular weight excluding hydrogens is 392 g/mol. The van der Waals surface area contributed by atoms with Crippen LogP contribution in [0.3, 0.4) is 0 Å². The molecule has 4 aromatic rings. The summed E-state index contributed by atoms with van der Waals surface area (Å²) in [7, 11) is 0. The third-order valence-corrected chi connectivity index (χ3v) is 4.95. The lowest BCUT2D eigenvalue weighted by molar-refractivity contribution is -0.384. The number of imidazole rings is 1. The molecule has 0 spiro atoms. The fourth-order valence-electron chi connectivity index (χ4n) is 3.33. The Morgan fingerprint density at radius 3 is 2.55 bits per heavy atom. The number of anilines is 1. The van der Waals surface area contributed by atoms with Gasteiger partial charge in [-0.1, -0.05) is 24.3 Å². The van der Waals surface area contributed by atoms with Crippen LogP contribution in [0.2, 0.25) is 0 Å². The van der Waals surface area contributed by atoms with E-state index in [-0.39, 0.29) is 11.6 Å². The Morgan fingerprint density at radius 1 is 1.10 bits per heavy atom. The molecule has 0 saturated carbocycles. The maximum absolute atomic E-state index is 12.7. The number of benzene rings is 2. The molecule has 0 aliphatic rings. The van der Waals surface area contributed by atoms with Crippen LogP contribution in [0.4, 0.5) is 11.5 Å². The van der Waals surface area contributed by atoms with Gasteiger partial charge >= 0.3 is 0 Å². The SMILES string of the molecule is Cc1ccn2c(NC(=O)/C=C/c3ccc([N+](=O)[O-])cc3)c(-c3ccccc3C)nc2c1. The van der Waals surface area contributed by atoms with Crippen LogP contribution in [0, 0.1) is 24.0 Å². The summed E-state index contributed by atoms with van der Waals surface area (Å²) in [5.41, 5.74) is 5.20. The highest BCUT2D eigenvalue weighted by molar-refractivity contribution is 6.03. The maximum Gasteiger partial charge on any atom is 0.269 e. The number of nitro groups is 1. The van der Waals surface area contributed by atoms with Crippen molar-refractivity contribution in [3.63, 3.8) is 0 Å². The minimum Gasteiger partial charge on any atom is -0.306 e. The molecule has 0 saturated heterocycles. The van der Waals surface area contributed by atoms with Gasteiger partial charge in [0.15, 0.2) is 0 Å². The zero-order chi connectivity index (χ0) is 22.0. The van der Waals surface area contributed by atoms with Gasteiger partial charge in [-0.2, -0.15) is 0 Å². The van der Waals surface area contributed by atoms with Crippen molar-refractivity contribution in [1.29, 1.82) is 0 Å². The Balaban J connectivity index is 1.67. The summed E-state index contributed by atoms with van der Waals surface area (Å²) in [6.07, 6.45) is 4.89. The molecule has 4 rings (SSSR count). The van der Waals surface area contributed by atoms with Crippen LogP contribution in [0.15, 0.2) is 72.9 Å². The Morgan fingerprint density at radius 2 is 1.84 bits per heavy atom. The van der Waals surface area contributed by atoms with Gasteiger partial charge in [-0.3, -0.25) is 19.3 Å². The highest BCUT2D eigenvalue weighted by Crippen LogP contribution is 2.31. The smallest absolute Gasteiger partial charge is 0.269 e. The Kier molecular flexibility index (Phi) is 5.32. The van der Waals surface area contributed by atoms with Crippen molar-refractivity contribution in [3.05, 3.63) is 99.7 Å². The van der Waals surface area contributed by atoms with E-state index < -0.39 is 4.92 Å². The number of aromatic nitrogens is 2. The Bertz CT molecular complexity index is 1320. The summed E-state index contributed by atoms with van der Waals surface area (Å²) >= 11 is 0. The summed E-state index contributed by atoms with van der Waals surface area (Å²) < 4.78 is 1.85. The predicted molar refractivity (Wildman–Crippen MR) is 121 cm³/mol. The minimum atomic E-state index is -0.459. The van der Waals surface area contributed by atoms with E-state index in [2.05, 4.69) is 5.32 Å². The number of nitrogens with one attached hydrogen (secondary N) is 1. The summed E-state index contributed by atoms with van der Waals surface area (Å²) in [5.74, 6) is 0.262. The van der Waals surface area contributed by atoms with Crippen molar-refractivity contribution >= 4 is 29.1 Å². The van der Waals surface area contributed by atoms with Gasteiger partial charge in [0.25, 0.3) is 5.69 Å². The highest BCUT2D eigenvalue weighted by Gasteiger charge is 2.17. The predicted octanol–water partition coefficient (Wildman–Crippen LogP) is 5.18. The van der Waals surface area contributed by atoms with Crippen LogP contribution in [0.1, 0.15) is 16.7 Å². The fourth-order valence-corrected chi connectivity index (χ4v) is 3.33. The molecule has 0 radical (unpaired) electrons. The summed E-state index contributed by atoms with van der Waals surface area (Å²) in [6, 6.07) is 17.8. The highest BCUT2D eigenvalue weighted by atomic mass is 16.6. The molecule has 1 amide bonds. The molecule has 0 atom stereocenters. The lowest BCUT2D eigenvalue weighted by atomic mass is 10.1. The molecule has 7 heteroatoms. The molecule has 2 aromatic heterocycles. The number of aryl methyl sites for hydroxylation is 2. The topological polar surface area (TPSA) is 89.5 Å². The number of hydrogen-bond acceptors (Lipinski definition) is 4. The third-order valence-electron chi connectivity index (χ3n) is 4.95. The van der Waals surface area contributed by atoms with Gasteiger partial charge in [0.2, 0.25) is 5.91 Å². The number of nitro benzene ring substituents is 1. The van der Waals surface area contributed by atoms with E-state index in [4.69, 9.17) is 4.98 Å². The van der Waals surface area contributed by atoms with Gasteiger partial charge < -0.3 is 5.32 Å². The van der Waals surface area contributed by atoms with Gasteiger partial charge in [0.05, 0.1) is 4.92 Å². The quantitative estimate of drug-likeness (QED) is 0.278. The lowest BCUT2D eigenvalue weighted by Gasteiger charge is -2.08. The van der Waals surface area contributed by atoms with Crippen molar-refractivity contribution < 1.29 is 9.72 Å². The number of amides is 1. The van der Waals surface area contributed by atoms with Crippen molar-refractivity contribution in [2.45, 2.75) is 13.8 Å². The third kappa shape index (κ3) is 4.20. The van der Waals surface area contributed by atoms with Crippen molar-refractivity contribution in [2.24, 2.45) is 0 Å². The number of carbonyl (C=O) groups is 1. The molecule has 7 nitrogen and oxygen atoms in total. The van der Waals surface area contributed by atoms with Gasteiger partial charge in [0, 0.05) is 30.0 Å². The summed E-state index contributed by atoms with van der Waals surface area (Å²) in [4.78, 5) is 27.8. The summed E-state index contributed by atoms with van der Waals surface area (Å²) in [6.45, 7) is 4.00. The lowest BCUT2D eigenvalue weighted by Crippen LogP contribution is -2.10. The number of hydrogen-bond donors (Lipinski definition) is 1. The average Bonchev–Trinajstić information content (AvgIpc) is 3.09. The standard InChI is InChI=1S/C24H20N4O3/c1-16-13-14-27-21(15-16)25-23(20-6-4-3-5-17(20)2)24(27)26-22(29)12-9-18-7-10-19(11-8-18)28(30)31/h3-15H,1-2H3,(H,26,29)/b12-9+. The molecule has 0 aliphatic carbocycles. The molecule has 1 N–H and O–H groups in total. The fraction of sp³-hybridized carbons (Fsp3) is 0.0833. The Hall–Kier alpha value is -4.26.